The molecule has 0 aromatic heterocycles. The van der Waals surface area contributed by atoms with Crippen LogP contribution in [0.25, 0.3) is 0 Å². The molecule has 0 radical (unpaired) electrons. The van der Waals surface area contributed by atoms with Crippen LogP contribution < -0.4 is 16.0 Å². The van der Waals surface area contributed by atoms with E-state index in [1.807, 2.05) is 49.4 Å². The summed E-state index contributed by atoms with van der Waals surface area (Å²) in [7, 11) is 0. The van der Waals surface area contributed by atoms with Crippen LogP contribution in [0.2, 0.25) is 10.0 Å². The van der Waals surface area contributed by atoms with E-state index in [2.05, 4.69) is 16.0 Å². The van der Waals surface area contributed by atoms with Gasteiger partial charge in [-0.3, -0.25) is 9.59 Å². The number of aryl methyl sites for hydroxylation is 1. The molecule has 0 saturated carbocycles. The van der Waals surface area contributed by atoms with Crippen LogP contribution in [-0.4, -0.2) is 11.8 Å². The minimum atomic E-state index is -0.179. The predicted octanol–water partition coefficient (Wildman–Crippen LogP) is 7.48. The zero-order valence-corrected chi connectivity index (χ0v) is 20.5. The molecule has 4 aromatic rings. The summed E-state index contributed by atoms with van der Waals surface area (Å²) in [6.45, 7) is 1.89. The number of hydrogen-bond donors (Lipinski definition) is 3. The molecule has 0 aliphatic heterocycles. The van der Waals surface area contributed by atoms with Gasteiger partial charge in [0.25, 0.3) is 5.91 Å². The molecule has 0 aliphatic carbocycles. The van der Waals surface area contributed by atoms with Gasteiger partial charge in [-0.1, -0.05) is 65.7 Å². The smallest absolute Gasteiger partial charge is 0.255 e. The van der Waals surface area contributed by atoms with Crippen molar-refractivity contribution in [3.05, 3.63) is 118 Å². The van der Waals surface area contributed by atoms with Crippen LogP contribution in [0.15, 0.2) is 91.0 Å². The Labute approximate surface area is 214 Å². The lowest BCUT2D eigenvalue weighted by Gasteiger charge is -2.14. The molecular formula is C28H23Cl2N3O2. The summed E-state index contributed by atoms with van der Waals surface area (Å²) < 4.78 is 0. The van der Waals surface area contributed by atoms with E-state index in [1.54, 1.807) is 48.5 Å². The summed E-state index contributed by atoms with van der Waals surface area (Å²) in [5, 5.41) is 9.99. The summed E-state index contributed by atoms with van der Waals surface area (Å²) in [6, 6.07) is 27.2. The third kappa shape index (κ3) is 6.21. The lowest BCUT2D eigenvalue weighted by Crippen LogP contribution is -2.16. The van der Waals surface area contributed by atoms with Crippen LogP contribution in [0.3, 0.4) is 0 Å². The van der Waals surface area contributed by atoms with E-state index in [-0.39, 0.29) is 18.2 Å². The van der Waals surface area contributed by atoms with Crippen LogP contribution in [0.1, 0.15) is 21.5 Å². The lowest BCUT2D eigenvalue weighted by atomic mass is 10.1. The van der Waals surface area contributed by atoms with Gasteiger partial charge in [0.05, 0.1) is 22.2 Å². The fraction of sp³-hybridized carbons (Fsp3) is 0.0714. The largest absolute Gasteiger partial charge is 0.353 e. The minimum absolute atomic E-state index is 0.150. The molecule has 35 heavy (non-hydrogen) atoms. The van der Waals surface area contributed by atoms with Crippen molar-refractivity contribution in [1.82, 2.24) is 0 Å². The molecule has 0 bridgehead atoms. The number of para-hydroxylation sites is 2. The van der Waals surface area contributed by atoms with Crippen molar-refractivity contribution in [3.8, 4) is 0 Å². The van der Waals surface area contributed by atoms with Crippen molar-refractivity contribution in [2.24, 2.45) is 0 Å². The molecule has 3 N–H and O–H groups in total. The number of carbonyl (C=O) groups is 2. The number of nitrogens with one attached hydrogen (secondary N) is 3. The molecule has 2 amide bonds. The van der Waals surface area contributed by atoms with E-state index in [4.69, 9.17) is 23.2 Å². The normalized spacial score (nSPS) is 10.5. The van der Waals surface area contributed by atoms with Gasteiger partial charge in [0.15, 0.2) is 0 Å². The highest BCUT2D eigenvalue weighted by atomic mass is 35.5. The van der Waals surface area contributed by atoms with Gasteiger partial charge in [-0.2, -0.15) is 0 Å². The lowest BCUT2D eigenvalue weighted by molar-refractivity contribution is -0.115. The number of anilines is 4. The number of halogens is 2. The maximum absolute atomic E-state index is 12.7. The van der Waals surface area contributed by atoms with Crippen molar-refractivity contribution >= 4 is 57.8 Å². The average Bonchev–Trinajstić information content (AvgIpc) is 2.84. The molecule has 4 rings (SSSR count). The summed E-state index contributed by atoms with van der Waals surface area (Å²) in [4.78, 5) is 25.2. The molecule has 4 aromatic carbocycles. The summed E-state index contributed by atoms with van der Waals surface area (Å²) in [5.41, 5.74) is 4.92. The van der Waals surface area contributed by atoms with Crippen molar-refractivity contribution < 1.29 is 9.59 Å². The quantitative estimate of drug-likeness (QED) is 0.244. The van der Waals surface area contributed by atoms with E-state index < -0.39 is 0 Å². The monoisotopic (exact) mass is 503 g/mol. The summed E-state index contributed by atoms with van der Waals surface area (Å²) in [5.74, 6) is -0.358. The Balaban J connectivity index is 1.40. The van der Waals surface area contributed by atoms with Gasteiger partial charge in [0, 0.05) is 22.6 Å². The molecule has 176 valence electrons. The van der Waals surface area contributed by atoms with Gasteiger partial charge >= 0.3 is 0 Å². The Morgan fingerprint density at radius 2 is 1.31 bits per heavy atom. The molecule has 0 atom stereocenters. The first kappa shape index (κ1) is 24.3. The number of rotatable bonds is 7. The van der Waals surface area contributed by atoms with Gasteiger partial charge in [-0.25, -0.2) is 0 Å². The summed E-state index contributed by atoms with van der Waals surface area (Å²) in [6.07, 6.45) is 0.150. The second kappa shape index (κ2) is 11.1. The van der Waals surface area contributed by atoms with Crippen LogP contribution in [0.4, 0.5) is 22.7 Å². The Morgan fingerprint density at radius 1 is 0.714 bits per heavy atom. The van der Waals surface area contributed by atoms with Gasteiger partial charge in [0.1, 0.15) is 0 Å². The average molecular weight is 504 g/mol. The Kier molecular flexibility index (Phi) is 7.70. The van der Waals surface area contributed by atoms with Crippen molar-refractivity contribution in [2.45, 2.75) is 13.3 Å². The van der Waals surface area contributed by atoms with E-state index in [0.717, 1.165) is 16.8 Å². The fourth-order valence-corrected chi connectivity index (χ4v) is 4.08. The van der Waals surface area contributed by atoms with Crippen LogP contribution in [-0.2, 0) is 11.2 Å². The molecular weight excluding hydrogens is 481 g/mol. The van der Waals surface area contributed by atoms with Crippen molar-refractivity contribution in [1.29, 1.82) is 0 Å². The van der Waals surface area contributed by atoms with E-state index in [9.17, 15) is 9.59 Å². The first-order valence-corrected chi connectivity index (χ1v) is 11.7. The highest BCUT2D eigenvalue weighted by Gasteiger charge is 2.12. The second-order valence-electron chi connectivity index (χ2n) is 7.95. The van der Waals surface area contributed by atoms with E-state index in [1.165, 1.54) is 0 Å². The second-order valence-corrected chi connectivity index (χ2v) is 8.76. The Hall–Kier alpha value is -3.80. The number of hydrogen-bond acceptors (Lipinski definition) is 3. The molecule has 0 spiro atoms. The van der Waals surface area contributed by atoms with Crippen LogP contribution in [0.5, 0.6) is 0 Å². The highest BCUT2D eigenvalue weighted by molar-refractivity contribution is 6.39. The number of amides is 2. The summed E-state index contributed by atoms with van der Waals surface area (Å²) >= 11 is 12.6. The Bertz CT molecular complexity index is 1350. The zero-order valence-electron chi connectivity index (χ0n) is 18.9. The first-order valence-electron chi connectivity index (χ1n) is 11.0. The topological polar surface area (TPSA) is 70.2 Å². The standard InChI is InChI=1S/C28H23Cl2N3O2/c1-18-7-2-4-9-22(18)28(35)32-21-15-13-20(14-16-21)31-26(34)17-19-8-3-5-12-25(19)33-27-23(29)10-6-11-24(27)30/h2-16,33H,17H2,1H3,(H,31,34)(H,32,35). The molecule has 7 heteroatoms. The fourth-order valence-electron chi connectivity index (χ4n) is 3.59. The molecule has 0 heterocycles. The van der Waals surface area contributed by atoms with Gasteiger partial charge < -0.3 is 16.0 Å². The maximum atomic E-state index is 12.7. The predicted molar refractivity (Wildman–Crippen MR) is 144 cm³/mol. The van der Waals surface area contributed by atoms with Gasteiger partial charge in [-0.05, 0) is 66.6 Å². The Morgan fingerprint density at radius 3 is 2.00 bits per heavy atom. The van der Waals surface area contributed by atoms with Crippen molar-refractivity contribution in [3.63, 3.8) is 0 Å². The maximum Gasteiger partial charge on any atom is 0.255 e. The first-order chi connectivity index (χ1) is 16.9. The van der Waals surface area contributed by atoms with Crippen molar-refractivity contribution in [2.75, 3.05) is 16.0 Å². The molecule has 0 aliphatic rings. The van der Waals surface area contributed by atoms with Crippen LogP contribution in [0, 0.1) is 6.92 Å². The molecule has 0 fully saturated rings. The minimum Gasteiger partial charge on any atom is -0.353 e. The molecule has 5 nitrogen and oxygen atoms in total. The van der Waals surface area contributed by atoms with E-state index >= 15 is 0 Å². The number of carbonyl (C=O) groups excluding carboxylic acids is 2. The molecule has 0 saturated heterocycles. The third-order valence-electron chi connectivity index (χ3n) is 5.41. The van der Waals surface area contributed by atoms with E-state index in [0.29, 0.717) is 32.7 Å². The molecule has 0 unspecified atom stereocenters. The SMILES string of the molecule is Cc1ccccc1C(=O)Nc1ccc(NC(=O)Cc2ccccc2Nc2c(Cl)cccc2Cl)cc1. The van der Waals surface area contributed by atoms with Gasteiger partial charge in [-0.15, -0.1) is 0 Å². The third-order valence-corrected chi connectivity index (χ3v) is 6.04. The number of benzene rings is 4. The highest BCUT2D eigenvalue weighted by Crippen LogP contribution is 2.33. The zero-order chi connectivity index (χ0) is 24.8. The van der Waals surface area contributed by atoms with Gasteiger partial charge in [0.2, 0.25) is 5.91 Å². The van der Waals surface area contributed by atoms with Crippen LogP contribution >= 0.6 is 23.2 Å².